The maximum absolute atomic E-state index is 13.3. The van der Waals surface area contributed by atoms with Crippen LogP contribution in [0.1, 0.15) is 12.0 Å². The van der Waals surface area contributed by atoms with Crippen LogP contribution in [0.3, 0.4) is 0 Å². The van der Waals surface area contributed by atoms with Gasteiger partial charge in [0.2, 0.25) is 5.91 Å². The Hall–Kier alpha value is -2.74. The van der Waals surface area contributed by atoms with E-state index in [0.29, 0.717) is 16.9 Å². The molecule has 28 heavy (non-hydrogen) atoms. The van der Waals surface area contributed by atoms with Gasteiger partial charge in [-0.05, 0) is 24.3 Å². The maximum atomic E-state index is 13.3. The standard InChI is InChI=1S/C20H16F2N2O3S/c21-20(22)9-13(20)19(26)24-5-6-27-17-12(10-24)7-11(8-15(17)25)18-23-14-3-1-2-4-16(14)28-18/h1-4,7-8,13,25H,5-6,9-10H2/t13-/m1/s1. The van der Waals surface area contributed by atoms with Crippen molar-refractivity contribution in [3.05, 3.63) is 42.0 Å². The first-order valence-corrected chi connectivity index (χ1v) is 9.75. The number of hydrogen-bond donors (Lipinski definition) is 1. The second-order valence-corrected chi connectivity index (χ2v) is 8.13. The molecule has 0 radical (unpaired) electrons. The Morgan fingerprint density at radius 2 is 2.11 bits per heavy atom. The molecule has 0 bridgehead atoms. The number of hydrogen-bond acceptors (Lipinski definition) is 5. The second-order valence-electron chi connectivity index (χ2n) is 7.10. The Kier molecular flexibility index (Phi) is 3.80. The van der Waals surface area contributed by atoms with Crippen molar-refractivity contribution in [1.29, 1.82) is 0 Å². The molecular weight excluding hydrogens is 386 g/mol. The lowest BCUT2D eigenvalue weighted by Gasteiger charge is -2.20. The molecule has 0 saturated heterocycles. The van der Waals surface area contributed by atoms with Crippen LogP contribution < -0.4 is 4.74 Å². The van der Waals surface area contributed by atoms with Crippen LogP contribution >= 0.6 is 11.3 Å². The summed E-state index contributed by atoms with van der Waals surface area (Å²) < 4.78 is 33.3. The SMILES string of the molecule is O=C([C@H]1CC1(F)F)N1CCOc2c(O)cc(-c3nc4ccccc4s3)cc2C1. The first-order chi connectivity index (χ1) is 13.4. The lowest BCUT2D eigenvalue weighted by Crippen LogP contribution is -2.34. The Morgan fingerprint density at radius 3 is 2.86 bits per heavy atom. The van der Waals surface area contributed by atoms with Crippen molar-refractivity contribution < 1.29 is 23.4 Å². The van der Waals surface area contributed by atoms with Crippen LogP contribution in [-0.4, -0.2) is 40.0 Å². The molecule has 1 N–H and O–H groups in total. The first-order valence-electron chi connectivity index (χ1n) is 8.93. The van der Waals surface area contributed by atoms with Crippen molar-refractivity contribution in [2.45, 2.75) is 18.9 Å². The molecule has 5 nitrogen and oxygen atoms in total. The van der Waals surface area contributed by atoms with E-state index < -0.39 is 24.2 Å². The van der Waals surface area contributed by atoms with E-state index in [9.17, 15) is 18.7 Å². The van der Waals surface area contributed by atoms with E-state index in [0.717, 1.165) is 15.2 Å². The minimum atomic E-state index is -2.90. The fraction of sp³-hybridized carbons (Fsp3) is 0.300. The average molecular weight is 402 g/mol. The Balaban J connectivity index is 1.50. The van der Waals surface area contributed by atoms with Gasteiger partial charge in [-0.2, -0.15) is 0 Å². The number of phenolic OH excluding ortho intramolecular Hbond substituents is 1. The minimum Gasteiger partial charge on any atom is -0.504 e. The molecule has 1 aliphatic carbocycles. The Morgan fingerprint density at radius 1 is 1.32 bits per heavy atom. The zero-order valence-corrected chi connectivity index (χ0v) is 15.5. The van der Waals surface area contributed by atoms with Crippen molar-refractivity contribution in [3.8, 4) is 22.1 Å². The monoisotopic (exact) mass is 402 g/mol. The quantitative estimate of drug-likeness (QED) is 0.703. The third-order valence-electron chi connectivity index (χ3n) is 5.09. The molecule has 5 rings (SSSR count). The van der Waals surface area contributed by atoms with E-state index >= 15 is 0 Å². The average Bonchev–Trinajstić information content (AvgIpc) is 3.18. The number of carbonyl (C=O) groups is 1. The molecule has 2 heterocycles. The van der Waals surface area contributed by atoms with Crippen LogP contribution in [0.5, 0.6) is 11.5 Å². The van der Waals surface area contributed by atoms with Crippen LogP contribution in [0.2, 0.25) is 0 Å². The summed E-state index contributed by atoms with van der Waals surface area (Å²) in [6, 6.07) is 11.1. The molecule has 1 aliphatic heterocycles. The molecule has 1 saturated carbocycles. The summed E-state index contributed by atoms with van der Waals surface area (Å²) >= 11 is 1.49. The topological polar surface area (TPSA) is 62.7 Å². The summed E-state index contributed by atoms with van der Waals surface area (Å²) in [4.78, 5) is 18.4. The number of ether oxygens (including phenoxy) is 1. The number of carbonyl (C=O) groups excluding carboxylic acids is 1. The molecule has 2 aliphatic rings. The number of thiazole rings is 1. The predicted octanol–water partition coefficient (Wildman–Crippen LogP) is 4.05. The van der Waals surface area contributed by atoms with Crippen molar-refractivity contribution in [1.82, 2.24) is 9.88 Å². The van der Waals surface area contributed by atoms with Gasteiger partial charge in [0, 0.05) is 24.1 Å². The van der Waals surface area contributed by atoms with Crippen LogP contribution in [-0.2, 0) is 11.3 Å². The highest BCUT2D eigenvalue weighted by atomic mass is 32.1. The van der Waals surface area contributed by atoms with E-state index in [2.05, 4.69) is 4.98 Å². The van der Waals surface area contributed by atoms with E-state index in [1.165, 1.54) is 16.2 Å². The van der Waals surface area contributed by atoms with Crippen molar-refractivity contribution >= 4 is 27.5 Å². The summed E-state index contributed by atoms with van der Waals surface area (Å²) in [5.41, 5.74) is 2.15. The second kappa shape index (κ2) is 6.13. The minimum absolute atomic E-state index is 0.0437. The van der Waals surface area contributed by atoms with Gasteiger partial charge >= 0.3 is 0 Å². The Bertz CT molecular complexity index is 1070. The number of aromatic nitrogens is 1. The molecule has 2 aromatic carbocycles. The van der Waals surface area contributed by atoms with E-state index in [4.69, 9.17) is 4.74 Å². The summed E-state index contributed by atoms with van der Waals surface area (Å²) in [5.74, 6) is -4.46. The molecular formula is C20H16F2N2O3S. The number of rotatable bonds is 2. The van der Waals surface area contributed by atoms with Crippen molar-refractivity contribution in [3.63, 3.8) is 0 Å². The molecule has 1 fully saturated rings. The molecule has 8 heteroatoms. The number of aromatic hydroxyl groups is 1. The van der Waals surface area contributed by atoms with Gasteiger partial charge in [0.25, 0.3) is 5.92 Å². The lowest BCUT2D eigenvalue weighted by molar-refractivity contribution is -0.135. The van der Waals surface area contributed by atoms with Gasteiger partial charge in [-0.1, -0.05) is 12.1 Å². The third-order valence-corrected chi connectivity index (χ3v) is 6.18. The number of phenols is 1. The van der Waals surface area contributed by atoms with Gasteiger partial charge in [-0.15, -0.1) is 11.3 Å². The fourth-order valence-electron chi connectivity index (χ4n) is 3.51. The molecule has 1 amide bonds. The first kappa shape index (κ1) is 17.4. The van der Waals surface area contributed by atoms with E-state index in [1.807, 2.05) is 30.3 Å². The summed E-state index contributed by atoms with van der Waals surface area (Å²) in [6.45, 7) is 0.466. The number of nitrogens with zero attached hydrogens (tertiary/aromatic N) is 2. The molecule has 1 aromatic heterocycles. The predicted molar refractivity (Wildman–Crippen MR) is 101 cm³/mol. The highest BCUT2D eigenvalue weighted by molar-refractivity contribution is 7.21. The molecule has 1 atom stereocenters. The highest BCUT2D eigenvalue weighted by Crippen LogP contribution is 2.50. The van der Waals surface area contributed by atoms with Gasteiger partial charge in [0.1, 0.15) is 17.5 Å². The normalized spacial score (nSPS) is 20.4. The van der Waals surface area contributed by atoms with Gasteiger partial charge in [-0.3, -0.25) is 4.79 Å². The summed E-state index contributed by atoms with van der Waals surface area (Å²) in [6.07, 6.45) is -0.396. The molecule has 0 spiro atoms. The van der Waals surface area contributed by atoms with Crippen LogP contribution in [0.25, 0.3) is 20.8 Å². The number of fused-ring (bicyclic) bond motifs is 2. The van der Waals surface area contributed by atoms with Gasteiger partial charge in [0.05, 0.1) is 16.8 Å². The van der Waals surface area contributed by atoms with Gasteiger partial charge in [0.15, 0.2) is 11.5 Å². The lowest BCUT2D eigenvalue weighted by atomic mass is 10.1. The van der Waals surface area contributed by atoms with Crippen LogP contribution in [0.4, 0.5) is 8.78 Å². The van der Waals surface area contributed by atoms with E-state index in [-0.39, 0.29) is 25.4 Å². The zero-order valence-electron chi connectivity index (χ0n) is 14.7. The highest BCUT2D eigenvalue weighted by Gasteiger charge is 2.62. The van der Waals surface area contributed by atoms with Crippen molar-refractivity contribution in [2.24, 2.45) is 5.92 Å². The summed E-state index contributed by atoms with van der Waals surface area (Å²) in [5, 5.41) is 11.2. The fourth-order valence-corrected chi connectivity index (χ4v) is 4.46. The molecule has 0 unspecified atom stereocenters. The smallest absolute Gasteiger partial charge is 0.260 e. The number of para-hydroxylation sites is 1. The zero-order chi connectivity index (χ0) is 19.5. The van der Waals surface area contributed by atoms with Crippen molar-refractivity contribution in [2.75, 3.05) is 13.2 Å². The molecule has 144 valence electrons. The number of benzene rings is 2. The largest absolute Gasteiger partial charge is 0.504 e. The summed E-state index contributed by atoms with van der Waals surface area (Å²) in [7, 11) is 0. The molecule has 3 aromatic rings. The number of amides is 1. The van der Waals surface area contributed by atoms with Gasteiger partial charge < -0.3 is 14.7 Å². The van der Waals surface area contributed by atoms with Crippen LogP contribution in [0, 0.1) is 5.92 Å². The van der Waals surface area contributed by atoms with Gasteiger partial charge in [-0.25, -0.2) is 13.8 Å². The van der Waals surface area contributed by atoms with Crippen LogP contribution in [0.15, 0.2) is 36.4 Å². The number of halogens is 2. The Labute approximate surface area is 163 Å². The van der Waals surface area contributed by atoms with E-state index in [1.54, 1.807) is 6.07 Å². The number of alkyl halides is 2. The third kappa shape index (κ3) is 2.88. The maximum Gasteiger partial charge on any atom is 0.260 e.